The lowest BCUT2D eigenvalue weighted by atomic mass is 9.93. The molecule has 0 heterocycles. The van der Waals surface area contributed by atoms with Crippen molar-refractivity contribution in [3.05, 3.63) is 23.8 Å². The normalized spacial score (nSPS) is 14.1. The topological polar surface area (TPSA) is 35.2 Å². The van der Waals surface area contributed by atoms with Crippen molar-refractivity contribution < 1.29 is 48.6 Å². The smallest absolute Gasteiger partial charge is 0.404 e. The van der Waals surface area contributed by atoms with Gasteiger partial charge in [-0.3, -0.25) is 0 Å². The highest BCUT2D eigenvalue weighted by atomic mass is 19.4. The molecule has 0 spiro atoms. The van der Waals surface area contributed by atoms with E-state index in [-0.39, 0.29) is 12.1 Å². The Bertz CT molecular complexity index is 530. The van der Waals surface area contributed by atoms with Gasteiger partial charge in [0, 0.05) is 5.56 Å². The van der Waals surface area contributed by atoms with Gasteiger partial charge < -0.3 is 10.5 Å². The minimum atomic E-state index is -6.46. The zero-order chi connectivity index (χ0) is 17.6. The van der Waals surface area contributed by atoms with E-state index in [0.717, 1.165) is 0 Å². The zero-order valence-electron chi connectivity index (χ0n) is 10.00. The first-order valence-electron chi connectivity index (χ1n) is 5.07. The molecule has 0 amide bonds. The Kier molecular flexibility index (Phi) is 4.20. The summed E-state index contributed by atoms with van der Waals surface area (Å²) in [4.78, 5) is 0. The third kappa shape index (κ3) is 3.30. The fraction of sp³-hybridized carbons (Fsp3) is 0.400. The van der Waals surface area contributed by atoms with E-state index in [4.69, 9.17) is 5.73 Å². The maximum Gasteiger partial charge on any atom is 0.573 e. The van der Waals surface area contributed by atoms with Gasteiger partial charge in [-0.1, -0.05) is 6.07 Å². The van der Waals surface area contributed by atoms with Crippen molar-refractivity contribution in [1.82, 2.24) is 0 Å². The van der Waals surface area contributed by atoms with Crippen molar-refractivity contribution in [1.29, 1.82) is 0 Å². The highest BCUT2D eigenvalue weighted by Gasteiger charge is 2.73. The van der Waals surface area contributed by atoms with Gasteiger partial charge >= 0.3 is 24.4 Å². The highest BCUT2D eigenvalue weighted by molar-refractivity contribution is 5.55. The lowest BCUT2D eigenvalue weighted by Crippen LogP contribution is -2.50. The fourth-order valence-electron chi connectivity index (χ4n) is 1.45. The molecule has 0 atom stereocenters. The first-order valence-corrected chi connectivity index (χ1v) is 5.07. The molecule has 2 nitrogen and oxygen atoms in total. The molecular weight excluding hydrogens is 340 g/mol. The van der Waals surface area contributed by atoms with Crippen LogP contribution in [0.4, 0.5) is 49.6 Å². The number of alkyl halides is 10. The maximum absolute atomic E-state index is 13.7. The molecule has 12 heteroatoms. The summed E-state index contributed by atoms with van der Waals surface area (Å²) in [5, 5.41) is 0. The predicted octanol–water partition coefficient (Wildman–Crippen LogP) is 4.46. The number of nitrogen functional groups attached to an aromatic ring is 1. The minimum absolute atomic E-state index is 0.0282. The number of hydrogen-bond acceptors (Lipinski definition) is 2. The molecule has 0 bridgehead atoms. The van der Waals surface area contributed by atoms with Crippen LogP contribution in [0.2, 0.25) is 0 Å². The summed E-state index contributed by atoms with van der Waals surface area (Å²) in [6.07, 6.45) is -18.4. The summed E-state index contributed by atoms with van der Waals surface area (Å²) in [7, 11) is 0. The van der Waals surface area contributed by atoms with Crippen molar-refractivity contribution in [2.45, 2.75) is 24.4 Å². The molecular formula is C10H5F10NO. The third-order valence-corrected chi connectivity index (χ3v) is 2.42. The van der Waals surface area contributed by atoms with Crippen LogP contribution >= 0.6 is 0 Å². The maximum atomic E-state index is 13.7. The molecule has 0 aromatic heterocycles. The standard InChI is InChI=1S/C10H5F10NO/c11-7(8(12,13)14,9(15,16)17)4-1-2-5(21)6(3-4)22-10(18,19)20/h1-3H,21H2. The summed E-state index contributed by atoms with van der Waals surface area (Å²) in [6, 6.07) is -0.189. The van der Waals surface area contributed by atoms with Gasteiger partial charge in [0.25, 0.3) is 0 Å². The molecule has 22 heavy (non-hydrogen) atoms. The van der Waals surface area contributed by atoms with E-state index >= 15 is 0 Å². The van der Waals surface area contributed by atoms with E-state index in [1.54, 1.807) is 0 Å². The average molecular weight is 345 g/mol. The van der Waals surface area contributed by atoms with Crippen LogP contribution in [0.5, 0.6) is 5.75 Å². The Morgan fingerprint density at radius 3 is 1.59 bits per heavy atom. The number of anilines is 1. The summed E-state index contributed by atoms with van der Waals surface area (Å²) in [5.74, 6) is -1.58. The van der Waals surface area contributed by atoms with Gasteiger partial charge in [0.05, 0.1) is 5.69 Å². The lowest BCUT2D eigenvalue weighted by Gasteiger charge is -2.30. The molecule has 0 aliphatic carbocycles. The van der Waals surface area contributed by atoms with E-state index in [1.165, 1.54) is 0 Å². The van der Waals surface area contributed by atoms with Gasteiger partial charge in [-0.05, 0) is 12.1 Å². The summed E-state index contributed by atoms with van der Waals surface area (Å²) >= 11 is 0. The van der Waals surface area contributed by atoms with Gasteiger partial charge in [0.2, 0.25) is 0 Å². The van der Waals surface area contributed by atoms with Crippen LogP contribution in [0.1, 0.15) is 5.56 Å². The fourth-order valence-corrected chi connectivity index (χ4v) is 1.45. The van der Waals surface area contributed by atoms with Crippen LogP contribution in [-0.4, -0.2) is 18.7 Å². The Hall–Kier alpha value is -1.88. The second-order valence-electron chi connectivity index (χ2n) is 3.95. The number of hydrogen-bond donors (Lipinski definition) is 1. The van der Waals surface area contributed by atoms with E-state index in [2.05, 4.69) is 4.74 Å². The van der Waals surface area contributed by atoms with Crippen LogP contribution < -0.4 is 10.5 Å². The first-order chi connectivity index (χ1) is 9.59. The number of rotatable bonds is 2. The summed E-state index contributed by atoms with van der Waals surface area (Å²) in [6.45, 7) is 0. The molecule has 0 saturated carbocycles. The number of benzene rings is 1. The van der Waals surface area contributed by atoms with E-state index in [9.17, 15) is 43.9 Å². The Morgan fingerprint density at radius 2 is 1.23 bits per heavy atom. The Labute approximate surface area is 115 Å². The average Bonchev–Trinajstić information content (AvgIpc) is 2.26. The summed E-state index contributed by atoms with van der Waals surface area (Å²) in [5.41, 5.74) is -3.99. The van der Waals surface area contributed by atoms with E-state index < -0.39 is 47.5 Å². The molecule has 1 aromatic rings. The molecule has 0 fully saturated rings. The van der Waals surface area contributed by atoms with Crippen molar-refractivity contribution in [3.63, 3.8) is 0 Å². The van der Waals surface area contributed by atoms with Crippen LogP contribution in [0.25, 0.3) is 0 Å². The minimum Gasteiger partial charge on any atom is -0.404 e. The highest BCUT2D eigenvalue weighted by Crippen LogP contribution is 2.54. The number of ether oxygens (including phenoxy) is 1. The van der Waals surface area contributed by atoms with E-state index in [1.807, 2.05) is 0 Å². The number of nitrogens with two attached hydrogens (primary N) is 1. The van der Waals surface area contributed by atoms with Gasteiger partial charge in [0.1, 0.15) is 0 Å². The largest absolute Gasteiger partial charge is 0.573 e. The van der Waals surface area contributed by atoms with Crippen LogP contribution in [-0.2, 0) is 5.67 Å². The van der Waals surface area contributed by atoms with Gasteiger partial charge in [0.15, 0.2) is 5.75 Å². The molecule has 0 unspecified atom stereocenters. The predicted molar refractivity (Wildman–Crippen MR) is 52.4 cm³/mol. The molecule has 0 radical (unpaired) electrons. The molecule has 0 aliphatic heterocycles. The van der Waals surface area contributed by atoms with Gasteiger partial charge in [-0.15, -0.1) is 13.2 Å². The van der Waals surface area contributed by atoms with Gasteiger partial charge in [-0.2, -0.15) is 26.3 Å². The van der Waals surface area contributed by atoms with Crippen LogP contribution in [0, 0.1) is 0 Å². The van der Waals surface area contributed by atoms with Crippen molar-refractivity contribution >= 4 is 5.69 Å². The SMILES string of the molecule is Nc1ccc(C(F)(C(F)(F)F)C(F)(F)F)cc1OC(F)(F)F. The van der Waals surface area contributed by atoms with Crippen molar-refractivity contribution in [3.8, 4) is 5.75 Å². The van der Waals surface area contributed by atoms with Crippen LogP contribution in [0.15, 0.2) is 18.2 Å². The summed E-state index contributed by atoms with van der Waals surface area (Å²) < 4.78 is 128. The molecule has 1 rings (SSSR count). The molecule has 1 aromatic carbocycles. The van der Waals surface area contributed by atoms with Crippen molar-refractivity contribution in [2.24, 2.45) is 0 Å². The number of halogens is 10. The molecule has 2 N–H and O–H groups in total. The Morgan fingerprint density at radius 1 is 0.773 bits per heavy atom. The second-order valence-corrected chi connectivity index (χ2v) is 3.95. The van der Waals surface area contributed by atoms with E-state index in [0.29, 0.717) is 0 Å². The molecule has 126 valence electrons. The third-order valence-electron chi connectivity index (χ3n) is 2.42. The van der Waals surface area contributed by atoms with Gasteiger partial charge in [-0.25, -0.2) is 4.39 Å². The zero-order valence-corrected chi connectivity index (χ0v) is 10.00. The van der Waals surface area contributed by atoms with Crippen molar-refractivity contribution in [2.75, 3.05) is 5.73 Å². The van der Waals surface area contributed by atoms with Crippen LogP contribution in [0.3, 0.4) is 0 Å². The lowest BCUT2D eigenvalue weighted by molar-refractivity contribution is -0.348. The molecule has 0 aliphatic rings. The molecule has 0 saturated heterocycles. The second kappa shape index (κ2) is 5.09. The monoisotopic (exact) mass is 345 g/mol. The Balaban J connectivity index is 3.50. The first kappa shape index (κ1) is 18.2. The quantitative estimate of drug-likeness (QED) is 0.635.